The van der Waals surface area contributed by atoms with Crippen LogP contribution in [0, 0.1) is 11.3 Å². The van der Waals surface area contributed by atoms with Crippen LogP contribution in [0.15, 0.2) is 10.5 Å². The largest absolute Gasteiger partial charge is 0.611 e. The van der Waals surface area contributed by atoms with Crippen LogP contribution < -0.4 is 0 Å². The molecule has 0 N–H and O–H groups in total. The van der Waals surface area contributed by atoms with E-state index in [1.807, 2.05) is 0 Å². The first-order chi connectivity index (χ1) is 18.2. The normalized spacial score (nSPS) is 29.6. The zero-order valence-corrected chi connectivity index (χ0v) is 29.0. The fourth-order valence-corrected chi connectivity index (χ4v) is 13.7. The van der Waals surface area contributed by atoms with E-state index in [0.29, 0.717) is 6.42 Å². The van der Waals surface area contributed by atoms with Gasteiger partial charge in [0.1, 0.15) is 14.3 Å². The van der Waals surface area contributed by atoms with Crippen molar-refractivity contribution in [2.75, 3.05) is 39.3 Å². The molecule has 2 heterocycles. The van der Waals surface area contributed by atoms with Crippen molar-refractivity contribution < 1.29 is 13.0 Å². The second-order valence-corrected chi connectivity index (χ2v) is 18.8. The molecule has 1 aliphatic carbocycles. The summed E-state index contributed by atoms with van der Waals surface area (Å²) in [6, 6.07) is 0. The number of unbranched alkanes of at least 4 members (excludes halogenated alkanes) is 6. The summed E-state index contributed by atoms with van der Waals surface area (Å²) in [5.41, 5.74) is 1.16. The minimum Gasteiger partial charge on any atom is -0.611 e. The Balaban J connectivity index is 1.71. The van der Waals surface area contributed by atoms with Crippen molar-refractivity contribution in [2.45, 2.75) is 118 Å². The molecule has 1 fully saturated rings. The predicted octanol–water partition coefficient (Wildman–Crippen LogP) is 7.22. The number of rotatable bonds is 18. The fraction of sp³-hybridized carbons (Fsp3) is 0.931. The summed E-state index contributed by atoms with van der Waals surface area (Å²) >= 11 is 5.95. The molecule has 0 saturated carbocycles. The first-order valence-electron chi connectivity index (χ1n) is 15.3. The molecule has 38 heavy (non-hydrogen) atoms. The molecule has 3 aliphatic rings. The zero-order valence-electron chi connectivity index (χ0n) is 24.2. The monoisotopic (exact) mass is 698 g/mol. The van der Waals surface area contributed by atoms with E-state index in [-0.39, 0.29) is 15.5 Å². The number of nitrogens with zero attached hydrogens (tertiary/aromatic N) is 2. The predicted molar refractivity (Wildman–Crippen MR) is 170 cm³/mol. The maximum Gasteiger partial charge on any atom is 0.178 e. The zero-order chi connectivity index (χ0) is 27.9. The van der Waals surface area contributed by atoms with Gasteiger partial charge < -0.3 is 14.4 Å². The van der Waals surface area contributed by atoms with E-state index >= 15 is 0 Å². The lowest BCUT2D eigenvalue weighted by Gasteiger charge is -2.38. The minimum absolute atomic E-state index is 0.0807. The van der Waals surface area contributed by atoms with Gasteiger partial charge in [0.05, 0.1) is 0 Å². The molecule has 0 radical (unpaired) electrons. The van der Waals surface area contributed by atoms with Crippen LogP contribution in [0.5, 0.6) is 0 Å². The summed E-state index contributed by atoms with van der Waals surface area (Å²) in [4.78, 5) is 5.77. The average Bonchev–Trinajstić information content (AvgIpc) is 3.43. The van der Waals surface area contributed by atoms with Gasteiger partial charge in [-0.25, -0.2) is 8.42 Å². The molecule has 0 bridgehead atoms. The second kappa shape index (κ2) is 15.4. The van der Waals surface area contributed by atoms with Gasteiger partial charge >= 0.3 is 0 Å². The SMILES string of the molecule is CCN(CC)CCCCCCC1(CCCCCCN(CC)CC)C2=C(C3C1CC(Br)S3(=O)=O)[S+]([O-])C(Br)C2. The van der Waals surface area contributed by atoms with E-state index in [2.05, 4.69) is 69.4 Å². The summed E-state index contributed by atoms with van der Waals surface area (Å²) in [5, 5.41) is -0.546. The third-order valence-corrected chi connectivity index (χ3v) is 16.8. The Bertz CT molecular complexity index is 853. The molecule has 1 saturated heterocycles. The number of hydrogen-bond donors (Lipinski definition) is 0. The van der Waals surface area contributed by atoms with E-state index in [4.69, 9.17) is 0 Å². The van der Waals surface area contributed by atoms with E-state index in [0.717, 1.165) is 63.2 Å². The maximum atomic E-state index is 13.5. The minimum atomic E-state index is -3.36. The van der Waals surface area contributed by atoms with E-state index in [9.17, 15) is 13.0 Å². The highest BCUT2D eigenvalue weighted by atomic mass is 79.9. The van der Waals surface area contributed by atoms with Crippen LogP contribution in [-0.2, 0) is 21.0 Å². The number of alkyl halides is 2. The summed E-state index contributed by atoms with van der Waals surface area (Å²) in [6.07, 6.45) is 13.1. The Hall–Kier alpha value is 0.880. The molecule has 0 amide bonds. The Labute approximate surface area is 253 Å². The van der Waals surface area contributed by atoms with Crippen LogP contribution >= 0.6 is 31.9 Å². The van der Waals surface area contributed by atoms with Crippen LogP contribution in [0.4, 0.5) is 0 Å². The highest BCUT2D eigenvalue weighted by Crippen LogP contribution is 2.66. The van der Waals surface area contributed by atoms with Gasteiger partial charge in [0.2, 0.25) is 0 Å². The summed E-state index contributed by atoms with van der Waals surface area (Å²) in [5.74, 6) is 0.0807. The van der Waals surface area contributed by atoms with E-state index in [1.54, 1.807) is 0 Å². The van der Waals surface area contributed by atoms with Crippen molar-refractivity contribution in [3.63, 3.8) is 0 Å². The van der Waals surface area contributed by atoms with Crippen LogP contribution in [0.2, 0.25) is 0 Å². The van der Waals surface area contributed by atoms with Crippen LogP contribution in [-0.4, -0.2) is 75.6 Å². The molecular weight excluding hydrogens is 648 g/mol. The third kappa shape index (κ3) is 7.26. The number of hydrogen-bond acceptors (Lipinski definition) is 5. The van der Waals surface area contributed by atoms with Crippen molar-refractivity contribution in [1.29, 1.82) is 0 Å². The highest BCUT2D eigenvalue weighted by Gasteiger charge is 2.68. The van der Waals surface area contributed by atoms with E-state index < -0.39 is 30.4 Å². The van der Waals surface area contributed by atoms with E-state index in [1.165, 1.54) is 57.2 Å². The van der Waals surface area contributed by atoms with Gasteiger partial charge in [-0.3, -0.25) is 0 Å². The Morgan fingerprint density at radius 1 is 0.842 bits per heavy atom. The topological polar surface area (TPSA) is 63.7 Å². The molecule has 0 aromatic rings. The lowest BCUT2D eigenvalue weighted by Crippen LogP contribution is -2.35. The van der Waals surface area contributed by atoms with Crippen molar-refractivity contribution >= 4 is 52.9 Å². The number of halogens is 2. The highest BCUT2D eigenvalue weighted by molar-refractivity contribution is 9.11. The molecule has 5 atom stereocenters. The smallest absolute Gasteiger partial charge is 0.178 e. The molecule has 5 nitrogen and oxygen atoms in total. The van der Waals surface area contributed by atoms with Crippen molar-refractivity contribution in [2.24, 2.45) is 11.3 Å². The molecule has 9 heteroatoms. The molecule has 0 spiro atoms. The standard InChI is InChI=1S/C29H52Br2N2O3S2/c1-5-32(6-2)19-15-11-9-13-17-29(18-14-10-12-16-20-33(7-3)8-4)23-21-25(30)37(34)27(23)28-24(29)22-26(31)38(28,35)36/h24-26,28H,5-22H2,1-4H3. The van der Waals surface area contributed by atoms with Gasteiger partial charge in [0, 0.05) is 11.8 Å². The average molecular weight is 701 g/mol. The van der Waals surface area contributed by atoms with Crippen LogP contribution in [0.1, 0.15) is 105 Å². The fourth-order valence-electron chi connectivity index (χ4n) is 7.38. The van der Waals surface area contributed by atoms with Crippen LogP contribution in [0.25, 0.3) is 0 Å². The van der Waals surface area contributed by atoms with Crippen molar-refractivity contribution in [1.82, 2.24) is 9.80 Å². The molecule has 5 unspecified atom stereocenters. The first kappa shape index (κ1) is 33.4. The molecule has 0 aromatic heterocycles. The second-order valence-electron chi connectivity index (χ2n) is 11.6. The lowest BCUT2D eigenvalue weighted by molar-refractivity contribution is 0.181. The number of sulfone groups is 1. The molecule has 222 valence electrons. The van der Waals surface area contributed by atoms with Gasteiger partial charge in [-0.1, -0.05) is 82.1 Å². The van der Waals surface area contributed by atoms with Crippen molar-refractivity contribution in [3.8, 4) is 0 Å². The molecule has 2 aliphatic heterocycles. The van der Waals surface area contributed by atoms with Gasteiger partial charge in [0.25, 0.3) is 0 Å². The molecule has 3 rings (SSSR count). The summed E-state index contributed by atoms with van der Waals surface area (Å²) in [6.45, 7) is 15.7. The van der Waals surface area contributed by atoms with Gasteiger partial charge in [-0.15, -0.1) is 0 Å². The summed E-state index contributed by atoms with van der Waals surface area (Å²) < 4.78 is 39.7. The maximum absolute atomic E-state index is 13.5. The third-order valence-electron chi connectivity index (χ3n) is 9.68. The number of fused-ring (bicyclic) bond motifs is 2. The Morgan fingerprint density at radius 3 is 1.79 bits per heavy atom. The molecular formula is C29H52Br2N2O3S2. The molecule has 0 aromatic carbocycles. The van der Waals surface area contributed by atoms with Gasteiger partial charge in [-0.05, 0) is 110 Å². The Morgan fingerprint density at radius 2 is 1.32 bits per heavy atom. The lowest BCUT2D eigenvalue weighted by atomic mass is 9.65. The quantitative estimate of drug-likeness (QED) is 0.0859. The summed E-state index contributed by atoms with van der Waals surface area (Å²) in [7, 11) is -3.36. The van der Waals surface area contributed by atoms with Gasteiger partial charge in [0.15, 0.2) is 14.0 Å². The Kier molecular flexibility index (Phi) is 13.5. The van der Waals surface area contributed by atoms with Gasteiger partial charge in [-0.2, -0.15) is 0 Å². The van der Waals surface area contributed by atoms with Crippen molar-refractivity contribution in [3.05, 3.63) is 10.5 Å². The first-order valence-corrected chi connectivity index (χ1v) is 19.9. The van der Waals surface area contributed by atoms with Crippen LogP contribution in [0.3, 0.4) is 0 Å². The number of allylic oxidation sites excluding steroid dienone is 1.